The lowest BCUT2D eigenvalue weighted by Crippen LogP contribution is -2.22. The molecule has 0 aliphatic rings. The number of hydrogen-bond donors (Lipinski definition) is 2. The van der Waals surface area contributed by atoms with Gasteiger partial charge in [0, 0.05) is 18.3 Å². The van der Waals surface area contributed by atoms with E-state index in [1.54, 1.807) is 48.3 Å². The Balaban J connectivity index is 1.99. The average Bonchev–Trinajstić information content (AvgIpc) is 2.45. The first-order valence-electron chi connectivity index (χ1n) is 6.34. The predicted molar refractivity (Wildman–Crippen MR) is 79.9 cm³/mol. The number of aromatic nitrogens is 1. The highest BCUT2D eigenvalue weighted by atomic mass is 32.2. The Kier molecular flexibility index (Phi) is 5.01. The van der Waals surface area contributed by atoms with E-state index in [1.165, 1.54) is 0 Å². The van der Waals surface area contributed by atoms with Gasteiger partial charge in [0.15, 0.2) is 0 Å². The van der Waals surface area contributed by atoms with Crippen molar-refractivity contribution in [1.82, 2.24) is 10.3 Å². The zero-order valence-corrected chi connectivity index (χ0v) is 12.0. The molecule has 0 spiro atoms. The Morgan fingerprint density at radius 1 is 1.35 bits per heavy atom. The third-order valence-corrected chi connectivity index (χ3v) is 3.46. The maximum atomic E-state index is 12.0. The van der Waals surface area contributed by atoms with E-state index in [1.807, 2.05) is 13.0 Å². The minimum absolute atomic E-state index is 0.145. The van der Waals surface area contributed by atoms with Crippen molar-refractivity contribution < 1.29 is 9.90 Å². The fourth-order valence-electron chi connectivity index (χ4n) is 1.73. The second-order valence-electron chi connectivity index (χ2n) is 4.17. The lowest BCUT2D eigenvalue weighted by Gasteiger charge is -2.06. The summed E-state index contributed by atoms with van der Waals surface area (Å²) in [6.45, 7) is 2.42. The van der Waals surface area contributed by atoms with Crippen molar-refractivity contribution in [3.63, 3.8) is 0 Å². The summed E-state index contributed by atoms with van der Waals surface area (Å²) in [5.74, 6) is 0.970. The second-order valence-corrected chi connectivity index (χ2v) is 5.45. The van der Waals surface area contributed by atoms with E-state index < -0.39 is 0 Å². The van der Waals surface area contributed by atoms with Crippen LogP contribution in [-0.4, -0.2) is 21.8 Å². The first-order chi connectivity index (χ1) is 9.69. The molecule has 1 heterocycles. The quantitative estimate of drug-likeness (QED) is 0.831. The fraction of sp³-hybridized carbons (Fsp3) is 0.200. The third kappa shape index (κ3) is 3.99. The standard InChI is InChI=1S/C15H16N2O2S/c1-2-20-14-9-12(6-7-16-14)15(19)17-10-11-4-3-5-13(18)8-11/h3-9,18H,2,10H2,1H3,(H,17,19). The monoisotopic (exact) mass is 288 g/mol. The lowest BCUT2D eigenvalue weighted by atomic mass is 10.2. The molecule has 2 aromatic rings. The van der Waals surface area contributed by atoms with Crippen molar-refractivity contribution in [1.29, 1.82) is 0 Å². The Labute approximate surface area is 122 Å². The van der Waals surface area contributed by atoms with Gasteiger partial charge in [-0.3, -0.25) is 4.79 Å². The number of amides is 1. The summed E-state index contributed by atoms with van der Waals surface area (Å²) >= 11 is 1.60. The number of thioether (sulfide) groups is 1. The van der Waals surface area contributed by atoms with Gasteiger partial charge in [-0.25, -0.2) is 4.98 Å². The molecule has 0 aliphatic carbocycles. The van der Waals surface area contributed by atoms with E-state index in [0.717, 1.165) is 16.3 Å². The fourth-order valence-corrected chi connectivity index (χ4v) is 2.37. The van der Waals surface area contributed by atoms with Gasteiger partial charge >= 0.3 is 0 Å². The number of rotatable bonds is 5. The average molecular weight is 288 g/mol. The van der Waals surface area contributed by atoms with Crippen LogP contribution in [-0.2, 0) is 6.54 Å². The number of benzene rings is 1. The van der Waals surface area contributed by atoms with Gasteiger partial charge in [-0.1, -0.05) is 19.1 Å². The molecule has 2 N–H and O–H groups in total. The Hall–Kier alpha value is -2.01. The summed E-state index contributed by atoms with van der Waals surface area (Å²) in [4.78, 5) is 16.2. The minimum Gasteiger partial charge on any atom is -0.508 e. The predicted octanol–water partition coefficient (Wildman–Crippen LogP) is 2.83. The SMILES string of the molecule is CCSc1cc(C(=O)NCc2cccc(O)c2)ccn1. The highest BCUT2D eigenvalue weighted by molar-refractivity contribution is 7.99. The zero-order chi connectivity index (χ0) is 14.4. The van der Waals surface area contributed by atoms with Crippen LogP contribution in [0.2, 0.25) is 0 Å². The van der Waals surface area contributed by atoms with Gasteiger partial charge in [0.2, 0.25) is 0 Å². The number of phenols is 1. The van der Waals surface area contributed by atoms with Crippen LogP contribution in [0.4, 0.5) is 0 Å². The van der Waals surface area contributed by atoms with Crippen molar-refractivity contribution in [3.8, 4) is 5.75 Å². The lowest BCUT2D eigenvalue weighted by molar-refractivity contribution is 0.0950. The number of carbonyl (C=O) groups excluding carboxylic acids is 1. The van der Waals surface area contributed by atoms with E-state index in [4.69, 9.17) is 0 Å². The first-order valence-corrected chi connectivity index (χ1v) is 7.32. The highest BCUT2D eigenvalue weighted by Gasteiger charge is 2.07. The van der Waals surface area contributed by atoms with Crippen molar-refractivity contribution >= 4 is 17.7 Å². The van der Waals surface area contributed by atoms with Crippen LogP contribution in [0.3, 0.4) is 0 Å². The number of aromatic hydroxyl groups is 1. The molecule has 1 amide bonds. The molecule has 0 saturated carbocycles. The van der Waals surface area contributed by atoms with Crippen LogP contribution in [0, 0.1) is 0 Å². The molecule has 0 atom stereocenters. The molecule has 0 saturated heterocycles. The van der Waals surface area contributed by atoms with E-state index in [0.29, 0.717) is 12.1 Å². The van der Waals surface area contributed by atoms with Crippen LogP contribution in [0.15, 0.2) is 47.6 Å². The number of hydrogen-bond acceptors (Lipinski definition) is 4. The molecule has 0 aliphatic heterocycles. The summed E-state index contributed by atoms with van der Waals surface area (Å²) in [5, 5.41) is 13.0. The van der Waals surface area contributed by atoms with E-state index >= 15 is 0 Å². The van der Waals surface area contributed by atoms with Gasteiger partial charge in [0.25, 0.3) is 5.91 Å². The number of carbonyl (C=O) groups is 1. The first kappa shape index (κ1) is 14.4. The van der Waals surface area contributed by atoms with Crippen molar-refractivity contribution in [2.24, 2.45) is 0 Å². The third-order valence-electron chi connectivity index (χ3n) is 2.65. The van der Waals surface area contributed by atoms with Crippen LogP contribution in [0.25, 0.3) is 0 Å². The van der Waals surface area contributed by atoms with E-state index in [9.17, 15) is 9.90 Å². The molecular formula is C15H16N2O2S. The van der Waals surface area contributed by atoms with Gasteiger partial charge in [-0.05, 0) is 35.6 Å². The van der Waals surface area contributed by atoms with Crippen LogP contribution in [0.1, 0.15) is 22.8 Å². The maximum Gasteiger partial charge on any atom is 0.251 e. The van der Waals surface area contributed by atoms with Crippen molar-refractivity contribution in [2.45, 2.75) is 18.5 Å². The Morgan fingerprint density at radius 2 is 2.20 bits per heavy atom. The summed E-state index contributed by atoms with van der Waals surface area (Å²) in [6, 6.07) is 10.3. The molecule has 20 heavy (non-hydrogen) atoms. The number of phenolic OH excluding ortho intramolecular Hbond substituents is 1. The second kappa shape index (κ2) is 6.96. The topological polar surface area (TPSA) is 62.2 Å². The number of pyridine rings is 1. The minimum atomic E-state index is -0.145. The van der Waals surface area contributed by atoms with Crippen molar-refractivity contribution in [2.75, 3.05) is 5.75 Å². The van der Waals surface area contributed by atoms with Gasteiger partial charge in [-0.15, -0.1) is 11.8 Å². The smallest absolute Gasteiger partial charge is 0.251 e. The molecule has 104 valence electrons. The summed E-state index contributed by atoms with van der Waals surface area (Å²) in [5.41, 5.74) is 1.45. The molecule has 0 bridgehead atoms. The summed E-state index contributed by atoms with van der Waals surface area (Å²) in [6.07, 6.45) is 1.64. The zero-order valence-electron chi connectivity index (χ0n) is 11.2. The van der Waals surface area contributed by atoms with Gasteiger partial charge in [-0.2, -0.15) is 0 Å². The van der Waals surface area contributed by atoms with E-state index in [-0.39, 0.29) is 11.7 Å². The molecule has 0 unspecified atom stereocenters. The van der Waals surface area contributed by atoms with Crippen molar-refractivity contribution in [3.05, 3.63) is 53.7 Å². The molecule has 2 rings (SSSR count). The summed E-state index contributed by atoms with van der Waals surface area (Å²) < 4.78 is 0. The summed E-state index contributed by atoms with van der Waals surface area (Å²) in [7, 11) is 0. The maximum absolute atomic E-state index is 12.0. The molecule has 0 radical (unpaired) electrons. The molecule has 4 nitrogen and oxygen atoms in total. The normalized spacial score (nSPS) is 10.2. The molecule has 1 aromatic carbocycles. The molecule has 0 fully saturated rings. The molecule has 5 heteroatoms. The van der Waals surface area contributed by atoms with Gasteiger partial charge in [0.05, 0.1) is 5.03 Å². The molecule has 1 aromatic heterocycles. The van der Waals surface area contributed by atoms with Gasteiger partial charge < -0.3 is 10.4 Å². The number of nitrogens with zero attached hydrogens (tertiary/aromatic N) is 1. The van der Waals surface area contributed by atoms with E-state index in [2.05, 4.69) is 10.3 Å². The van der Waals surface area contributed by atoms with Gasteiger partial charge in [0.1, 0.15) is 5.75 Å². The largest absolute Gasteiger partial charge is 0.508 e. The Morgan fingerprint density at radius 3 is 2.95 bits per heavy atom. The Bertz CT molecular complexity index is 602. The van der Waals surface area contributed by atoms with Crippen LogP contribution in [0.5, 0.6) is 5.75 Å². The van der Waals surface area contributed by atoms with Crippen LogP contribution < -0.4 is 5.32 Å². The van der Waals surface area contributed by atoms with Crippen LogP contribution >= 0.6 is 11.8 Å². The number of nitrogens with one attached hydrogen (secondary N) is 1. The highest BCUT2D eigenvalue weighted by Crippen LogP contribution is 2.16. The molecular weight excluding hydrogens is 272 g/mol.